The van der Waals surface area contributed by atoms with Crippen LogP contribution in [0.2, 0.25) is 5.02 Å². The Morgan fingerprint density at radius 2 is 1.96 bits per heavy atom. The summed E-state index contributed by atoms with van der Waals surface area (Å²) in [5, 5.41) is 17.3. The Morgan fingerprint density at radius 1 is 1.19 bits per heavy atom. The molecular formula is C17H13Cl2CuN5OS. The fourth-order valence-corrected chi connectivity index (χ4v) is 2.40. The largest absolute Gasteiger partial charge is 2.00 e. The van der Waals surface area contributed by atoms with Gasteiger partial charge in [0.2, 0.25) is 5.11 Å². The number of hydrazine groups is 1. The second kappa shape index (κ2) is 10.9. The summed E-state index contributed by atoms with van der Waals surface area (Å²) in [5.41, 5.74) is 10.5. The fraction of sp³-hybridized carbons (Fsp3) is 0. The Balaban J connectivity index is 0.00000182. The Hall–Kier alpha value is -2.09. The minimum absolute atomic E-state index is 0. The van der Waals surface area contributed by atoms with E-state index in [0.29, 0.717) is 10.6 Å². The van der Waals surface area contributed by atoms with E-state index in [1.54, 1.807) is 36.5 Å². The van der Waals surface area contributed by atoms with E-state index in [1.165, 1.54) is 12.3 Å². The van der Waals surface area contributed by atoms with Crippen LogP contribution < -0.4 is 33.8 Å². The smallest absolute Gasteiger partial charge is 1.00 e. The fourth-order valence-electron chi connectivity index (χ4n) is 2.13. The summed E-state index contributed by atoms with van der Waals surface area (Å²) < 4.78 is 0. The van der Waals surface area contributed by atoms with Gasteiger partial charge in [0, 0.05) is 16.6 Å². The van der Waals surface area contributed by atoms with Crippen molar-refractivity contribution in [2.24, 2.45) is 5.10 Å². The monoisotopic (exact) mass is 468 g/mol. The number of anilines is 1. The van der Waals surface area contributed by atoms with Gasteiger partial charge in [0.1, 0.15) is 0 Å². The van der Waals surface area contributed by atoms with Crippen LogP contribution in [0.1, 0.15) is 5.56 Å². The predicted molar refractivity (Wildman–Crippen MR) is 103 cm³/mol. The predicted octanol–water partition coefficient (Wildman–Crippen LogP) is -0.212. The molecule has 3 rings (SSSR count). The van der Waals surface area contributed by atoms with Crippen LogP contribution in [0.25, 0.3) is 10.9 Å². The summed E-state index contributed by atoms with van der Waals surface area (Å²) in [6.07, 6.45) is 3.09. The number of pyridine rings is 1. The van der Waals surface area contributed by atoms with Gasteiger partial charge >= 0.3 is 17.1 Å². The molecular weight excluding hydrogens is 457 g/mol. The molecule has 0 spiro atoms. The zero-order valence-electron chi connectivity index (χ0n) is 13.5. The molecule has 0 aliphatic rings. The van der Waals surface area contributed by atoms with Gasteiger partial charge in [-0.05, 0) is 42.0 Å². The van der Waals surface area contributed by atoms with Crippen molar-refractivity contribution in [3.63, 3.8) is 0 Å². The van der Waals surface area contributed by atoms with Crippen molar-refractivity contribution in [3.8, 4) is 5.75 Å². The minimum Gasteiger partial charge on any atom is -1.00 e. The molecule has 10 heteroatoms. The maximum Gasteiger partial charge on any atom is 2.00 e. The zero-order chi connectivity index (χ0) is 17.6. The van der Waals surface area contributed by atoms with Crippen molar-refractivity contribution in [1.29, 1.82) is 0 Å². The number of nitrogens with one attached hydrogen (secondary N) is 3. The Kier molecular flexibility index (Phi) is 9.28. The maximum absolute atomic E-state index is 11.6. The average Bonchev–Trinajstić information content (AvgIpc) is 2.61. The van der Waals surface area contributed by atoms with Crippen molar-refractivity contribution in [2.75, 3.05) is 5.43 Å². The number of hydrazone groups is 1. The molecule has 27 heavy (non-hydrogen) atoms. The second-order valence-corrected chi connectivity index (χ2v) is 5.85. The quantitative estimate of drug-likeness (QED) is 0.212. The van der Waals surface area contributed by atoms with E-state index in [0.717, 1.165) is 16.6 Å². The van der Waals surface area contributed by atoms with Gasteiger partial charge in [0.15, 0.2) is 0 Å². The molecule has 3 aromatic rings. The van der Waals surface area contributed by atoms with Gasteiger partial charge in [-0.1, -0.05) is 41.6 Å². The van der Waals surface area contributed by atoms with E-state index in [-0.39, 0.29) is 40.3 Å². The van der Waals surface area contributed by atoms with Crippen LogP contribution in [-0.4, -0.2) is 16.3 Å². The van der Waals surface area contributed by atoms with Crippen molar-refractivity contribution < 1.29 is 34.6 Å². The number of benzene rings is 2. The molecule has 1 heterocycles. The summed E-state index contributed by atoms with van der Waals surface area (Å²) in [7, 11) is 0. The third-order valence-corrected chi connectivity index (χ3v) is 3.73. The second-order valence-electron chi connectivity index (χ2n) is 5.01. The Labute approximate surface area is 183 Å². The summed E-state index contributed by atoms with van der Waals surface area (Å²) in [4.78, 5) is 4.27. The number of rotatable bonds is 4. The van der Waals surface area contributed by atoms with E-state index >= 15 is 0 Å². The number of hydrogen-bond donors (Lipinski definition) is 3. The van der Waals surface area contributed by atoms with E-state index < -0.39 is 0 Å². The molecule has 0 unspecified atom stereocenters. The van der Waals surface area contributed by atoms with Crippen LogP contribution in [0.4, 0.5) is 5.69 Å². The molecule has 143 valence electrons. The first kappa shape index (κ1) is 22.9. The molecule has 2 aromatic carbocycles. The van der Waals surface area contributed by atoms with Gasteiger partial charge in [-0.25, -0.2) is 0 Å². The topological polar surface area (TPSA) is 84.4 Å². The molecule has 0 aliphatic carbocycles. The molecule has 1 aromatic heterocycles. The number of nitrogens with zero attached hydrogens (tertiary/aromatic N) is 2. The van der Waals surface area contributed by atoms with Crippen molar-refractivity contribution in [2.45, 2.75) is 0 Å². The van der Waals surface area contributed by atoms with Crippen LogP contribution in [0.15, 0.2) is 59.8 Å². The first-order valence-corrected chi connectivity index (χ1v) is 8.07. The maximum atomic E-state index is 11.6. The number of aromatic nitrogens is 1. The summed E-state index contributed by atoms with van der Waals surface area (Å²) in [5.74, 6) is -0.105. The Bertz CT molecular complexity index is 958. The third kappa shape index (κ3) is 6.23. The van der Waals surface area contributed by atoms with Crippen LogP contribution in [-0.2, 0) is 17.1 Å². The molecule has 0 saturated carbocycles. The van der Waals surface area contributed by atoms with Gasteiger partial charge in [0.25, 0.3) is 0 Å². The molecule has 0 aliphatic heterocycles. The van der Waals surface area contributed by atoms with Gasteiger partial charge in [-0.2, -0.15) is 5.10 Å². The molecule has 0 saturated heterocycles. The van der Waals surface area contributed by atoms with Crippen LogP contribution in [0, 0.1) is 0 Å². The summed E-state index contributed by atoms with van der Waals surface area (Å²) >= 11 is 11.1. The number of fused-ring (bicyclic) bond motifs is 1. The molecule has 0 amide bonds. The number of halogens is 2. The molecule has 1 radical (unpaired) electrons. The van der Waals surface area contributed by atoms with Gasteiger partial charge < -0.3 is 17.5 Å². The van der Waals surface area contributed by atoms with Gasteiger partial charge in [0.05, 0.1) is 17.4 Å². The van der Waals surface area contributed by atoms with E-state index in [9.17, 15) is 5.11 Å². The normalized spacial score (nSPS) is 9.96. The van der Waals surface area contributed by atoms with Gasteiger partial charge in [-0.3, -0.25) is 21.3 Å². The van der Waals surface area contributed by atoms with Crippen molar-refractivity contribution in [3.05, 3.63) is 65.3 Å². The standard InChI is InChI=1S/C17H14ClN5OS.ClH.Cu/c18-12-5-6-13-14(7-8-19-15(13)9-12)21-23-17(25)22-20-10-11-3-1-2-4-16(11)24;;/h1-10,24H,(H,19,21)(H2,22,23,25);1H;/q;;+2/p-2/b20-10+;;. The molecule has 0 fully saturated rings. The average molecular weight is 470 g/mol. The van der Waals surface area contributed by atoms with Crippen LogP contribution in [0.3, 0.4) is 0 Å². The zero-order valence-corrected chi connectivity index (χ0v) is 16.8. The van der Waals surface area contributed by atoms with E-state index in [2.05, 4.69) is 26.4 Å². The Morgan fingerprint density at radius 3 is 2.74 bits per heavy atom. The number of hydrogen-bond acceptors (Lipinski definition) is 5. The third-order valence-electron chi connectivity index (χ3n) is 3.30. The summed E-state index contributed by atoms with van der Waals surface area (Å²) in [6.45, 7) is 0. The first-order valence-electron chi connectivity index (χ1n) is 7.29. The van der Waals surface area contributed by atoms with Crippen molar-refractivity contribution >= 4 is 51.7 Å². The SMILES string of the molecule is [Cl-].[Cu+2].[O-]c1ccccc1/C=N/NC(=S)NNc1ccnc2cc(Cl)ccc12. The number of thiocarbonyl (C=S) groups is 1. The minimum atomic E-state index is -0.105. The molecule has 6 nitrogen and oxygen atoms in total. The molecule has 3 N–H and O–H groups in total. The van der Waals surface area contributed by atoms with Crippen molar-refractivity contribution in [1.82, 2.24) is 15.8 Å². The van der Waals surface area contributed by atoms with Crippen LogP contribution >= 0.6 is 23.8 Å². The van der Waals surface area contributed by atoms with Gasteiger partial charge in [-0.15, -0.1) is 0 Å². The number of para-hydroxylation sites is 1. The molecule has 0 atom stereocenters. The van der Waals surface area contributed by atoms with E-state index in [4.69, 9.17) is 23.8 Å². The summed E-state index contributed by atoms with van der Waals surface area (Å²) in [6, 6.07) is 13.8. The first-order chi connectivity index (χ1) is 12.1. The molecule has 0 bridgehead atoms. The van der Waals surface area contributed by atoms with E-state index in [1.807, 2.05) is 12.1 Å². The van der Waals surface area contributed by atoms with Crippen LogP contribution in [0.5, 0.6) is 5.75 Å².